The molecule has 1 aliphatic carbocycles. The molecule has 1 rings (SSSR count). The molecular weight excluding hydrogens is 186 g/mol. The van der Waals surface area contributed by atoms with Crippen LogP contribution in [0, 0.1) is 5.92 Å². The van der Waals surface area contributed by atoms with Crippen molar-refractivity contribution in [3.63, 3.8) is 0 Å². The van der Waals surface area contributed by atoms with Crippen LogP contribution in [-0.4, -0.2) is 27.6 Å². The van der Waals surface area contributed by atoms with Gasteiger partial charge in [-0.2, -0.15) is 0 Å². The minimum Gasteiger partial charge on any atom is -0.377 e. The first kappa shape index (κ1) is 10.6. The van der Waals surface area contributed by atoms with E-state index in [-0.39, 0.29) is 0 Å². The van der Waals surface area contributed by atoms with E-state index in [1.807, 2.05) is 0 Å². The normalized spacial score (nSPS) is 30.1. The van der Waals surface area contributed by atoms with Gasteiger partial charge in [0.25, 0.3) is 5.91 Å². The van der Waals surface area contributed by atoms with Crippen LogP contribution in [0.4, 0.5) is 0 Å². The third kappa shape index (κ3) is 1.59. The molecule has 0 bridgehead atoms. The lowest BCUT2D eigenvalue weighted by atomic mass is 9.80. The molecule has 2 unspecified atom stereocenters. The second-order valence-corrected chi connectivity index (χ2v) is 3.08. The van der Waals surface area contributed by atoms with E-state index in [0.717, 1.165) is 0 Å². The van der Waals surface area contributed by atoms with Crippen LogP contribution in [-0.2, 0) is 9.59 Å². The lowest BCUT2D eigenvalue weighted by Crippen LogP contribution is -2.49. The van der Waals surface area contributed by atoms with E-state index >= 15 is 0 Å². The number of hydroxylamine groups is 1. The Balaban J connectivity index is 3.04. The molecule has 0 aliphatic heterocycles. The van der Waals surface area contributed by atoms with Crippen LogP contribution in [0.2, 0.25) is 0 Å². The summed E-state index contributed by atoms with van der Waals surface area (Å²) in [5.41, 5.74) is -0.451. The lowest BCUT2D eigenvalue weighted by molar-refractivity contribution is -0.146. The third-order valence-corrected chi connectivity index (χ3v) is 2.20. The highest BCUT2D eigenvalue weighted by Crippen LogP contribution is 2.25. The Morgan fingerprint density at radius 3 is 2.57 bits per heavy atom. The van der Waals surface area contributed by atoms with Gasteiger partial charge in [-0.15, -0.1) is 0 Å². The van der Waals surface area contributed by atoms with Crippen LogP contribution < -0.4 is 5.48 Å². The maximum absolute atomic E-state index is 11.2. The fraction of sp³-hybridized carbons (Fsp3) is 0.333. The number of hydrogen-bond donors (Lipinski definition) is 3. The molecule has 0 aromatic carbocycles. The standard InChI is InChI=1S/C9H11NO4/c1-6(11)9(13)5-3-2-4-7(9)8(12)10-14/h2-5,7,13-14H,1H3,(H,10,12). The molecule has 14 heavy (non-hydrogen) atoms. The summed E-state index contributed by atoms with van der Waals surface area (Å²) in [4.78, 5) is 22.3. The lowest BCUT2D eigenvalue weighted by Gasteiger charge is -2.29. The van der Waals surface area contributed by atoms with Crippen LogP contribution in [0.15, 0.2) is 24.3 Å². The minimum atomic E-state index is -1.86. The molecule has 0 aromatic heterocycles. The molecule has 1 aliphatic rings. The van der Waals surface area contributed by atoms with Gasteiger partial charge in [0.05, 0.1) is 5.92 Å². The number of Topliss-reactive ketones (excluding diaryl/α,β-unsaturated/α-hetero) is 1. The predicted octanol–water partition coefficient (Wildman–Crippen LogP) is -0.446. The zero-order valence-corrected chi connectivity index (χ0v) is 7.60. The summed E-state index contributed by atoms with van der Waals surface area (Å²) in [5, 5.41) is 18.3. The Morgan fingerprint density at radius 1 is 1.43 bits per heavy atom. The summed E-state index contributed by atoms with van der Waals surface area (Å²) in [6.07, 6.45) is 5.59. The van der Waals surface area contributed by atoms with Gasteiger partial charge in [-0.1, -0.05) is 18.2 Å². The van der Waals surface area contributed by atoms with E-state index in [2.05, 4.69) is 0 Å². The summed E-state index contributed by atoms with van der Waals surface area (Å²) < 4.78 is 0. The topological polar surface area (TPSA) is 86.6 Å². The van der Waals surface area contributed by atoms with Gasteiger partial charge in [0, 0.05) is 0 Å². The second kappa shape index (κ2) is 3.73. The summed E-state index contributed by atoms with van der Waals surface area (Å²) >= 11 is 0. The summed E-state index contributed by atoms with van der Waals surface area (Å²) in [6, 6.07) is 0. The average molecular weight is 197 g/mol. The van der Waals surface area contributed by atoms with Crippen molar-refractivity contribution < 1.29 is 19.9 Å². The summed E-state index contributed by atoms with van der Waals surface area (Å²) in [5.74, 6) is -2.45. The van der Waals surface area contributed by atoms with E-state index in [1.54, 1.807) is 0 Å². The average Bonchev–Trinajstić information content (AvgIpc) is 2.17. The largest absolute Gasteiger partial charge is 0.377 e. The molecule has 76 valence electrons. The summed E-state index contributed by atoms with van der Waals surface area (Å²) in [7, 11) is 0. The molecule has 0 heterocycles. The molecule has 0 saturated heterocycles. The quantitative estimate of drug-likeness (QED) is 0.413. The minimum absolute atomic E-state index is 0.549. The Morgan fingerprint density at radius 2 is 2.07 bits per heavy atom. The Hall–Kier alpha value is -1.46. The number of allylic oxidation sites excluding steroid dienone is 2. The molecule has 5 nitrogen and oxygen atoms in total. The highest BCUT2D eigenvalue weighted by molar-refractivity contribution is 5.95. The predicted molar refractivity (Wildman–Crippen MR) is 47.3 cm³/mol. The van der Waals surface area contributed by atoms with Gasteiger partial charge >= 0.3 is 0 Å². The van der Waals surface area contributed by atoms with Gasteiger partial charge in [-0.3, -0.25) is 14.8 Å². The molecule has 2 atom stereocenters. The van der Waals surface area contributed by atoms with Crippen molar-refractivity contribution in [3.8, 4) is 0 Å². The molecule has 0 fully saturated rings. The molecule has 0 saturated carbocycles. The van der Waals surface area contributed by atoms with Crippen LogP contribution >= 0.6 is 0 Å². The molecule has 3 N–H and O–H groups in total. The monoisotopic (exact) mass is 197 g/mol. The number of amides is 1. The Kier molecular flexibility index (Phi) is 2.83. The third-order valence-electron chi connectivity index (χ3n) is 2.20. The van der Waals surface area contributed by atoms with E-state index in [4.69, 9.17) is 5.21 Å². The molecule has 1 amide bonds. The first-order chi connectivity index (χ1) is 6.52. The Bertz CT molecular complexity index is 321. The maximum Gasteiger partial charge on any atom is 0.254 e. The molecule has 0 spiro atoms. The zero-order chi connectivity index (χ0) is 10.8. The maximum atomic E-state index is 11.2. The van der Waals surface area contributed by atoms with E-state index in [1.165, 1.54) is 36.7 Å². The second-order valence-electron chi connectivity index (χ2n) is 3.08. The van der Waals surface area contributed by atoms with Gasteiger partial charge in [0.15, 0.2) is 11.4 Å². The van der Waals surface area contributed by atoms with Crippen molar-refractivity contribution in [1.29, 1.82) is 0 Å². The van der Waals surface area contributed by atoms with Gasteiger partial charge in [0.1, 0.15) is 0 Å². The van der Waals surface area contributed by atoms with Crippen molar-refractivity contribution in [2.45, 2.75) is 12.5 Å². The van der Waals surface area contributed by atoms with Crippen LogP contribution in [0.5, 0.6) is 0 Å². The van der Waals surface area contributed by atoms with Crippen molar-refractivity contribution in [2.75, 3.05) is 0 Å². The fourth-order valence-corrected chi connectivity index (χ4v) is 1.32. The highest BCUT2D eigenvalue weighted by Gasteiger charge is 2.42. The SMILES string of the molecule is CC(=O)C1(O)C=CC=CC1C(=O)NO. The smallest absolute Gasteiger partial charge is 0.254 e. The number of aliphatic hydroxyl groups is 1. The van der Waals surface area contributed by atoms with E-state index in [9.17, 15) is 14.7 Å². The summed E-state index contributed by atoms with van der Waals surface area (Å²) in [6.45, 7) is 1.18. The zero-order valence-electron chi connectivity index (χ0n) is 7.60. The number of ketones is 1. The molecular formula is C9H11NO4. The van der Waals surface area contributed by atoms with Crippen molar-refractivity contribution in [2.24, 2.45) is 5.92 Å². The molecule has 0 radical (unpaired) electrons. The number of nitrogens with one attached hydrogen (secondary N) is 1. The van der Waals surface area contributed by atoms with Crippen molar-refractivity contribution in [1.82, 2.24) is 5.48 Å². The molecule has 5 heteroatoms. The molecule has 0 aromatic rings. The number of hydrogen-bond acceptors (Lipinski definition) is 4. The first-order valence-electron chi connectivity index (χ1n) is 4.05. The van der Waals surface area contributed by atoms with Gasteiger partial charge in [0.2, 0.25) is 0 Å². The number of carbonyl (C=O) groups excluding carboxylic acids is 2. The van der Waals surface area contributed by atoms with Crippen LogP contribution in [0.25, 0.3) is 0 Å². The fourth-order valence-electron chi connectivity index (χ4n) is 1.32. The van der Waals surface area contributed by atoms with Crippen LogP contribution in [0.1, 0.15) is 6.92 Å². The van der Waals surface area contributed by atoms with E-state index in [0.29, 0.717) is 0 Å². The highest BCUT2D eigenvalue weighted by atomic mass is 16.5. The van der Waals surface area contributed by atoms with Crippen molar-refractivity contribution in [3.05, 3.63) is 24.3 Å². The van der Waals surface area contributed by atoms with E-state index < -0.39 is 23.2 Å². The van der Waals surface area contributed by atoms with Gasteiger partial charge < -0.3 is 5.11 Å². The van der Waals surface area contributed by atoms with Crippen LogP contribution in [0.3, 0.4) is 0 Å². The first-order valence-corrected chi connectivity index (χ1v) is 4.05. The van der Waals surface area contributed by atoms with Gasteiger partial charge in [-0.25, -0.2) is 5.48 Å². The number of rotatable bonds is 2. The van der Waals surface area contributed by atoms with Crippen molar-refractivity contribution >= 4 is 11.7 Å². The van der Waals surface area contributed by atoms with Gasteiger partial charge in [-0.05, 0) is 13.0 Å². The Labute approximate surface area is 80.7 Å². The number of carbonyl (C=O) groups is 2.